The summed E-state index contributed by atoms with van der Waals surface area (Å²) in [5, 5.41) is 4.11. The summed E-state index contributed by atoms with van der Waals surface area (Å²) in [6.07, 6.45) is 9.38. The molecule has 0 bridgehead atoms. The van der Waals surface area contributed by atoms with Gasteiger partial charge in [0.15, 0.2) is 0 Å². The van der Waals surface area contributed by atoms with Gasteiger partial charge in [-0.05, 0) is 46.0 Å². The van der Waals surface area contributed by atoms with Crippen LogP contribution >= 0.6 is 0 Å². The Labute approximate surface area is 157 Å². The van der Waals surface area contributed by atoms with E-state index in [0.717, 1.165) is 56.9 Å². The predicted molar refractivity (Wildman–Crippen MR) is 101 cm³/mol. The molecule has 0 N–H and O–H groups in total. The van der Waals surface area contributed by atoms with Crippen LogP contribution in [0.1, 0.15) is 75.3 Å². The molecule has 2 saturated heterocycles. The molecule has 3 fully saturated rings. The molecule has 26 heavy (non-hydrogen) atoms. The monoisotopic (exact) mass is 359 g/mol. The second-order valence-electron chi connectivity index (χ2n) is 9.15. The number of amides is 1. The van der Waals surface area contributed by atoms with Crippen molar-refractivity contribution < 1.29 is 9.32 Å². The highest BCUT2D eigenvalue weighted by molar-refractivity contribution is 5.82. The minimum atomic E-state index is -0.118. The first kappa shape index (κ1) is 18.0. The smallest absolute Gasteiger partial charge is 0.228 e. The zero-order chi connectivity index (χ0) is 18.4. The van der Waals surface area contributed by atoms with E-state index in [9.17, 15) is 4.79 Å². The highest BCUT2D eigenvalue weighted by Gasteiger charge is 2.50. The van der Waals surface area contributed by atoms with Crippen molar-refractivity contribution in [2.45, 2.75) is 84.2 Å². The summed E-state index contributed by atoms with van der Waals surface area (Å²) in [7, 11) is 0. The third-order valence-corrected chi connectivity index (χ3v) is 7.36. The topological polar surface area (TPSA) is 49.6 Å². The van der Waals surface area contributed by atoms with Gasteiger partial charge in [0.25, 0.3) is 0 Å². The van der Waals surface area contributed by atoms with Crippen molar-refractivity contribution in [2.24, 2.45) is 5.41 Å². The first-order chi connectivity index (χ1) is 12.4. The SMILES string of the molecule is Cc1noc(C)c1CN1CCC12CCCN(C(=O)C1(C)CCCCC1)C2. The molecule has 144 valence electrons. The number of rotatable bonds is 3. The van der Waals surface area contributed by atoms with Crippen LogP contribution in [0.15, 0.2) is 4.52 Å². The van der Waals surface area contributed by atoms with Crippen molar-refractivity contribution >= 4 is 5.91 Å². The van der Waals surface area contributed by atoms with Gasteiger partial charge in [0.1, 0.15) is 5.76 Å². The van der Waals surface area contributed by atoms with Crippen LogP contribution in [-0.2, 0) is 11.3 Å². The number of carbonyl (C=O) groups is 1. The Hall–Kier alpha value is -1.36. The van der Waals surface area contributed by atoms with Gasteiger partial charge in [-0.2, -0.15) is 0 Å². The Balaban J connectivity index is 1.46. The zero-order valence-electron chi connectivity index (χ0n) is 16.6. The normalized spacial score (nSPS) is 29.0. The molecule has 5 heteroatoms. The zero-order valence-corrected chi connectivity index (χ0v) is 16.6. The summed E-state index contributed by atoms with van der Waals surface area (Å²) in [6, 6.07) is 0. The van der Waals surface area contributed by atoms with E-state index in [-0.39, 0.29) is 11.0 Å². The van der Waals surface area contributed by atoms with Crippen LogP contribution in [0.5, 0.6) is 0 Å². The van der Waals surface area contributed by atoms with Gasteiger partial charge in [0.2, 0.25) is 5.91 Å². The van der Waals surface area contributed by atoms with Crippen molar-refractivity contribution in [2.75, 3.05) is 19.6 Å². The molecule has 1 saturated carbocycles. The van der Waals surface area contributed by atoms with E-state index < -0.39 is 0 Å². The maximum Gasteiger partial charge on any atom is 0.228 e. The average molecular weight is 360 g/mol. The van der Waals surface area contributed by atoms with Gasteiger partial charge in [-0.3, -0.25) is 9.69 Å². The Morgan fingerprint density at radius 1 is 1.08 bits per heavy atom. The fourth-order valence-electron chi connectivity index (χ4n) is 5.43. The maximum atomic E-state index is 13.3. The van der Waals surface area contributed by atoms with Gasteiger partial charge < -0.3 is 9.42 Å². The van der Waals surface area contributed by atoms with Crippen molar-refractivity contribution in [1.29, 1.82) is 0 Å². The first-order valence-corrected chi connectivity index (χ1v) is 10.4. The van der Waals surface area contributed by atoms with Crippen molar-refractivity contribution in [1.82, 2.24) is 15.0 Å². The van der Waals surface area contributed by atoms with E-state index >= 15 is 0 Å². The third kappa shape index (κ3) is 2.98. The average Bonchev–Trinajstić information content (AvgIpc) is 2.97. The van der Waals surface area contributed by atoms with Crippen LogP contribution < -0.4 is 0 Å². The highest BCUT2D eigenvalue weighted by Crippen LogP contribution is 2.43. The standard InChI is InChI=1S/C21H33N3O2/c1-16-18(17(2)26-22-16)14-24-13-11-21(24)10-7-12-23(15-21)19(25)20(3)8-5-4-6-9-20/h4-15H2,1-3H3. The summed E-state index contributed by atoms with van der Waals surface area (Å²) in [5.41, 5.74) is 2.29. The summed E-state index contributed by atoms with van der Waals surface area (Å²) < 4.78 is 5.35. The molecule has 3 aliphatic rings. The summed E-state index contributed by atoms with van der Waals surface area (Å²) in [4.78, 5) is 18.1. The maximum absolute atomic E-state index is 13.3. The molecule has 1 aromatic heterocycles. The van der Waals surface area contributed by atoms with Crippen LogP contribution in [0.3, 0.4) is 0 Å². The predicted octanol–water partition coefficient (Wildman–Crippen LogP) is 3.83. The van der Waals surface area contributed by atoms with Gasteiger partial charge in [0, 0.05) is 42.7 Å². The van der Waals surface area contributed by atoms with E-state index in [2.05, 4.69) is 21.9 Å². The van der Waals surface area contributed by atoms with Crippen LogP contribution in [0, 0.1) is 19.3 Å². The summed E-state index contributed by atoms with van der Waals surface area (Å²) >= 11 is 0. The molecule has 1 atom stereocenters. The fraction of sp³-hybridized carbons (Fsp3) is 0.810. The lowest BCUT2D eigenvalue weighted by Gasteiger charge is -2.58. The molecule has 2 aliphatic heterocycles. The van der Waals surface area contributed by atoms with E-state index in [1.807, 2.05) is 13.8 Å². The number of nitrogens with zero attached hydrogens (tertiary/aromatic N) is 3. The van der Waals surface area contributed by atoms with Crippen LogP contribution in [0.25, 0.3) is 0 Å². The van der Waals surface area contributed by atoms with Crippen molar-refractivity contribution in [3.8, 4) is 0 Å². The van der Waals surface area contributed by atoms with Gasteiger partial charge in [-0.1, -0.05) is 31.3 Å². The molecule has 1 amide bonds. The van der Waals surface area contributed by atoms with Gasteiger partial charge >= 0.3 is 0 Å². The molecule has 1 spiro atoms. The number of carbonyl (C=O) groups excluding carboxylic acids is 1. The second kappa shape index (κ2) is 6.66. The molecule has 1 aliphatic carbocycles. The molecule has 5 nitrogen and oxygen atoms in total. The molecule has 0 aromatic carbocycles. The molecule has 3 heterocycles. The Morgan fingerprint density at radius 2 is 1.85 bits per heavy atom. The lowest BCUT2D eigenvalue weighted by Crippen LogP contribution is -2.67. The minimum absolute atomic E-state index is 0.118. The lowest BCUT2D eigenvalue weighted by molar-refractivity contribution is -0.152. The molecule has 1 aromatic rings. The quantitative estimate of drug-likeness (QED) is 0.823. The number of aryl methyl sites for hydroxylation is 2. The minimum Gasteiger partial charge on any atom is -0.361 e. The fourth-order valence-corrected chi connectivity index (χ4v) is 5.43. The third-order valence-electron chi connectivity index (χ3n) is 7.36. The van der Waals surface area contributed by atoms with E-state index in [4.69, 9.17) is 4.52 Å². The number of hydrogen-bond donors (Lipinski definition) is 0. The molecule has 1 unspecified atom stereocenters. The number of piperidine rings is 1. The highest BCUT2D eigenvalue weighted by atomic mass is 16.5. The Kier molecular flexibility index (Phi) is 4.62. The van der Waals surface area contributed by atoms with Gasteiger partial charge in [0.05, 0.1) is 5.69 Å². The summed E-state index contributed by atoms with van der Waals surface area (Å²) in [6.45, 7) is 10.1. The second-order valence-corrected chi connectivity index (χ2v) is 9.15. The lowest BCUT2D eigenvalue weighted by atomic mass is 9.72. The Bertz CT molecular complexity index is 657. The van der Waals surface area contributed by atoms with Crippen molar-refractivity contribution in [3.05, 3.63) is 17.0 Å². The van der Waals surface area contributed by atoms with E-state index in [1.54, 1.807) is 0 Å². The van der Waals surface area contributed by atoms with Gasteiger partial charge in [-0.25, -0.2) is 0 Å². The van der Waals surface area contributed by atoms with Gasteiger partial charge in [-0.15, -0.1) is 0 Å². The number of hydrogen-bond acceptors (Lipinski definition) is 4. The van der Waals surface area contributed by atoms with E-state index in [0.29, 0.717) is 5.91 Å². The number of likely N-dealkylation sites (tertiary alicyclic amines) is 2. The van der Waals surface area contributed by atoms with Crippen LogP contribution in [0.2, 0.25) is 0 Å². The van der Waals surface area contributed by atoms with Crippen LogP contribution in [-0.4, -0.2) is 46.0 Å². The van der Waals surface area contributed by atoms with Crippen LogP contribution in [0.4, 0.5) is 0 Å². The molecular weight excluding hydrogens is 326 g/mol. The van der Waals surface area contributed by atoms with E-state index in [1.165, 1.54) is 37.7 Å². The molecular formula is C21H33N3O2. The summed E-state index contributed by atoms with van der Waals surface area (Å²) in [5.74, 6) is 1.35. The molecule has 4 rings (SSSR count). The van der Waals surface area contributed by atoms with Crippen molar-refractivity contribution in [3.63, 3.8) is 0 Å². The first-order valence-electron chi connectivity index (χ1n) is 10.4. The largest absolute Gasteiger partial charge is 0.361 e. The Morgan fingerprint density at radius 3 is 2.46 bits per heavy atom. The molecule has 0 radical (unpaired) electrons. The number of aromatic nitrogens is 1.